The Bertz CT molecular complexity index is 1000. The summed E-state index contributed by atoms with van der Waals surface area (Å²) in [5.41, 5.74) is -0.983. The van der Waals surface area contributed by atoms with Crippen LogP contribution in [0.25, 0.3) is 0 Å². The number of nitrogens with one attached hydrogen (secondary N) is 1. The Morgan fingerprint density at radius 2 is 1.69 bits per heavy atom. The number of ether oxygens (including phenoxy) is 1. The van der Waals surface area contributed by atoms with Gasteiger partial charge in [-0.05, 0) is 87.5 Å². The van der Waals surface area contributed by atoms with Crippen molar-refractivity contribution < 1.29 is 27.9 Å². The number of anilines is 1. The molecule has 1 aromatic carbocycles. The fraction of sp³-hybridized carbons (Fsp3) is 0.652. The Hall–Kier alpha value is -1.97. The summed E-state index contributed by atoms with van der Waals surface area (Å²) in [4.78, 5) is 25.4. The molecule has 2 atom stereocenters. The van der Waals surface area contributed by atoms with Crippen molar-refractivity contribution >= 4 is 27.6 Å². The van der Waals surface area contributed by atoms with Crippen LogP contribution in [0.3, 0.4) is 0 Å². The molecule has 4 bridgehead atoms. The quantitative estimate of drug-likeness (QED) is 0.627. The highest BCUT2D eigenvalue weighted by Crippen LogP contribution is 2.61. The fourth-order valence-corrected chi connectivity index (χ4v) is 8.24. The summed E-state index contributed by atoms with van der Waals surface area (Å²) in [6, 6.07) is 6.03. The summed E-state index contributed by atoms with van der Waals surface area (Å²) >= 11 is 0. The highest BCUT2D eigenvalue weighted by atomic mass is 32.2. The van der Waals surface area contributed by atoms with Gasteiger partial charge < -0.3 is 15.2 Å². The second kappa shape index (κ2) is 7.81. The molecule has 1 amide bonds. The first kappa shape index (κ1) is 21.9. The predicted octanol–water partition coefficient (Wildman–Crippen LogP) is 2.28. The van der Waals surface area contributed by atoms with E-state index in [1.54, 1.807) is 0 Å². The molecule has 2 unspecified atom stereocenters. The minimum absolute atomic E-state index is 0.198. The summed E-state index contributed by atoms with van der Waals surface area (Å²) in [6.45, 7) is 0.668. The van der Waals surface area contributed by atoms with E-state index in [2.05, 4.69) is 5.32 Å². The molecule has 1 aliphatic heterocycles. The summed E-state index contributed by atoms with van der Waals surface area (Å²) in [5.74, 6) is -0.139. The number of rotatable bonds is 6. The van der Waals surface area contributed by atoms with E-state index < -0.39 is 33.6 Å². The van der Waals surface area contributed by atoms with Gasteiger partial charge in [-0.1, -0.05) is 0 Å². The highest BCUT2D eigenvalue weighted by Gasteiger charge is 2.60. The zero-order chi connectivity index (χ0) is 22.6. The number of carbonyl (C=O) groups excluding carboxylic acids is 2. The van der Waals surface area contributed by atoms with Gasteiger partial charge in [0.25, 0.3) is 5.91 Å². The van der Waals surface area contributed by atoms with E-state index in [0.717, 1.165) is 44.9 Å². The van der Waals surface area contributed by atoms with Crippen LogP contribution in [0.15, 0.2) is 29.2 Å². The summed E-state index contributed by atoms with van der Waals surface area (Å²) in [7, 11) is -3.50. The molecule has 4 saturated carbocycles. The number of nitrogens with zero attached hydrogens (tertiary/aromatic N) is 1. The van der Waals surface area contributed by atoms with Gasteiger partial charge in [0.2, 0.25) is 10.0 Å². The van der Waals surface area contributed by atoms with E-state index in [9.17, 15) is 23.1 Å². The van der Waals surface area contributed by atoms with Crippen molar-refractivity contribution in [1.82, 2.24) is 4.31 Å². The average molecular weight is 463 g/mol. The van der Waals surface area contributed by atoms with Gasteiger partial charge in [-0.2, -0.15) is 4.31 Å². The van der Waals surface area contributed by atoms with Crippen molar-refractivity contribution in [3.8, 4) is 0 Å². The Morgan fingerprint density at radius 1 is 1.06 bits per heavy atom. The van der Waals surface area contributed by atoms with Crippen LogP contribution in [0.1, 0.15) is 51.4 Å². The molecule has 5 fully saturated rings. The van der Waals surface area contributed by atoms with Gasteiger partial charge in [0.1, 0.15) is 0 Å². The lowest BCUT2D eigenvalue weighted by atomic mass is 9.48. The Balaban J connectivity index is 1.17. The maximum Gasteiger partial charge on any atom is 0.312 e. The van der Waals surface area contributed by atoms with E-state index >= 15 is 0 Å². The average Bonchev–Trinajstić information content (AvgIpc) is 3.26. The molecule has 5 aliphatic rings. The third kappa shape index (κ3) is 3.95. The topological polar surface area (TPSA) is 113 Å². The number of amides is 1. The molecule has 8 nitrogen and oxygen atoms in total. The summed E-state index contributed by atoms with van der Waals surface area (Å²) in [6.07, 6.45) is 6.24. The molecule has 32 heavy (non-hydrogen) atoms. The van der Waals surface area contributed by atoms with E-state index in [1.807, 2.05) is 0 Å². The van der Waals surface area contributed by atoms with E-state index in [1.165, 1.54) is 28.6 Å². The largest absolute Gasteiger partial charge is 0.455 e. The van der Waals surface area contributed by atoms with Crippen LogP contribution in [-0.2, 0) is 24.3 Å². The maximum atomic E-state index is 12.9. The minimum atomic E-state index is -3.50. The second-order valence-electron chi connectivity index (χ2n) is 10.2. The Labute approximate surface area is 188 Å². The second-order valence-corrected chi connectivity index (χ2v) is 12.2. The molecule has 174 valence electrons. The van der Waals surface area contributed by atoms with Crippen molar-refractivity contribution in [2.45, 2.75) is 61.9 Å². The van der Waals surface area contributed by atoms with Crippen LogP contribution in [0.4, 0.5) is 5.69 Å². The van der Waals surface area contributed by atoms with Crippen molar-refractivity contribution in [2.75, 3.05) is 25.0 Å². The molecular weight excluding hydrogens is 432 g/mol. The van der Waals surface area contributed by atoms with Crippen molar-refractivity contribution in [3.63, 3.8) is 0 Å². The van der Waals surface area contributed by atoms with Gasteiger partial charge in [0, 0.05) is 18.8 Å². The molecule has 1 heterocycles. The molecule has 2 N–H and O–H groups in total. The fourth-order valence-electron chi connectivity index (χ4n) is 6.72. The standard InChI is InChI=1S/C23H30N2O6S/c26-20(24-18-3-5-19(6-4-18)32(29,30)25-7-1-2-8-25)14-31-21(27)22-10-16-9-17(11-22)13-23(28,12-16)15-22/h3-6,16-17,28H,1-2,7-15H2,(H,24,26). The van der Waals surface area contributed by atoms with Crippen LogP contribution < -0.4 is 5.32 Å². The Morgan fingerprint density at radius 3 is 2.28 bits per heavy atom. The highest BCUT2D eigenvalue weighted by molar-refractivity contribution is 7.89. The van der Waals surface area contributed by atoms with Gasteiger partial charge in [0.05, 0.1) is 15.9 Å². The molecule has 1 aromatic rings. The van der Waals surface area contributed by atoms with E-state index in [4.69, 9.17) is 4.74 Å². The minimum Gasteiger partial charge on any atom is -0.455 e. The summed E-state index contributed by atoms with van der Waals surface area (Å²) in [5, 5.41) is 13.5. The third-order valence-electron chi connectivity index (χ3n) is 7.64. The van der Waals surface area contributed by atoms with Gasteiger partial charge in [0.15, 0.2) is 6.61 Å². The zero-order valence-corrected chi connectivity index (χ0v) is 18.9. The molecule has 0 aromatic heterocycles. The van der Waals surface area contributed by atoms with Crippen molar-refractivity contribution in [3.05, 3.63) is 24.3 Å². The van der Waals surface area contributed by atoms with Gasteiger partial charge in [-0.15, -0.1) is 0 Å². The molecule has 1 saturated heterocycles. The molecular formula is C23H30N2O6S. The smallest absolute Gasteiger partial charge is 0.312 e. The summed E-state index contributed by atoms with van der Waals surface area (Å²) < 4.78 is 32.0. The lowest BCUT2D eigenvalue weighted by Gasteiger charge is -2.58. The van der Waals surface area contributed by atoms with Crippen LogP contribution in [0.2, 0.25) is 0 Å². The molecule has 4 aliphatic carbocycles. The first-order chi connectivity index (χ1) is 15.2. The Kier molecular flexibility index (Phi) is 5.34. The van der Waals surface area contributed by atoms with Crippen LogP contribution in [-0.4, -0.2) is 55.0 Å². The first-order valence-electron chi connectivity index (χ1n) is 11.5. The number of sulfonamides is 1. The van der Waals surface area contributed by atoms with Crippen LogP contribution in [0, 0.1) is 17.3 Å². The van der Waals surface area contributed by atoms with E-state index in [-0.39, 0.29) is 10.9 Å². The van der Waals surface area contributed by atoms with E-state index in [0.29, 0.717) is 37.0 Å². The molecule has 9 heteroatoms. The first-order valence-corrected chi connectivity index (χ1v) is 12.9. The van der Waals surface area contributed by atoms with Crippen LogP contribution in [0.5, 0.6) is 0 Å². The lowest BCUT2D eigenvalue weighted by molar-refractivity contribution is -0.196. The maximum absolute atomic E-state index is 12.9. The number of benzene rings is 1. The lowest BCUT2D eigenvalue weighted by Crippen LogP contribution is -2.58. The van der Waals surface area contributed by atoms with Crippen LogP contribution >= 0.6 is 0 Å². The normalized spacial score (nSPS) is 33.9. The van der Waals surface area contributed by atoms with Crippen molar-refractivity contribution in [2.24, 2.45) is 17.3 Å². The third-order valence-corrected chi connectivity index (χ3v) is 9.55. The number of hydrogen-bond acceptors (Lipinski definition) is 6. The number of esters is 1. The van der Waals surface area contributed by atoms with Gasteiger partial charge >= 0.3 is 5.97 Å². The monoisotopic (exact) mass is 462 g/mol. The molecule has 0 radical (unpaired) electrons. The number of aliphatic hydroxyl groups is 1. The van der Waals surface area contributed by atoms with Gasteiger partial charge in [-0.3, -0.25) is 9.59 Å². The molecule has 0 spiro atoms. The number of carbonyl (C=O) groups is 2. The van der Waals surface area contributed by atoms with Gasteiger partial charge in [-0.25, -0.2) is 8.42 Å². The number of hydrogen-bond donors (Lipinski definition) is 2. The van der Waals surface area contributed by atoms with Crippen molar-refractivity contribution in [1.29, 1.82) is 0 Å². The zero-order valence-electron chi connectivity index (χ0n) is 18.1. The SMILES string of the molecule is O=C(COC(=O)C12CC3CC(CC(O)(C3)C1)C2)Nc1ccc(S(=O)(=O)N2CCCC2)cc1. The molecule has 6 rings (SSSR count). The predicted molar refractivity (Wildman–Crippen MR) is 116 cm³/mol.